The van der Waals surface area contributed by atoms with E-state index in [1.54, 1.807) is 11.0 Å². The van der Waals surface area contributed by atoms with E-state index in [4.69, 9.17) is 4.74 Å². The van der Waals surface area contributed by atoms with Crippen molar-refractivity contribution in [1.82, 2.24) is 9.80 Å². The van der Waals surface area contributed by atoms with Gasteiger partial charge in [0.15, 0.2) is 11.5 Å². The Balaban J connectivity index is 1.36. The summed E-state index contributed by atoms with van der Waals surface area (Å²) in [5.41, 5.74) is -0.0905. The maximum atomic E-state index is 13.8. The minimum absolute atomic E-state index is 0.0462. The zero-order valence-electron chi connectivity index (χ0n) is 22.9. The van der Waals surface area contributed by atoms with Crippen LogP contribution in [0.3, 0.4) is 0 Å². The number of halogens is 3. The van der Waals surface area contributed by atoms with Gasteiger partial charge in [-0.05, 0) is 80.6 Å². The first kappa shape index (κ1) is 27.1. The molecule has 1 saturated carbocycles. The summed E-state index contributed by atoms with van der Waals surface area (Å²) in [4.78, 5) is 17.8. The molecule has 2 fully saturated rings. The van der Waals surface area contributed by atoms with Crippen LogP contribution >= 0.6 is 0 Å². The molecule has 214 valence electrons. The Morgan fingerprint density at radius 1 is 1.20 bits per heavy atom. The first-order chi connectivity index (χ1) is 18.9. The molecule has 2 aromatic carbocycles. The molecule has 2 aromatic rings. The molecule has 2 aliphatic heterocycles. The van der Waals surface area contributed by atoms with Gasteiger partial charge in [0.25, 0.3) is 0 Å². The van der Waals surface area contributed by atoms with Gasteiger partial charge < -0.3 is 24.7 Å². The zero-order valence-corrected chi connectivity index (χ0v) is 22.9. The Hall–Kier alpha value is -3.04. The summed E-state index contributed by atoms with van der Waals surface area (Å²) < 4.78 is 45.5. The highest BCUT2D eigenvalue weighted by Gasteiger charge is 2.73. The number of benzene rings is 2. The van der Waals surface area contributed by atoms with Crippen molar-refractivity contribution in [2.45, 2.75) is 74.9 Å². The molecule has 2 heterocycles. The number of rotatable bonds is 5. The summed E-state index contributed by atoms with van der Waals surface area (Å²) in [6, 6.07) is 7.84. The average Bonchev–Trinajstić information content (AvgIpc) is 3.25. The van der Waals surface area contributed by atoms with Gasteiger partial charge in [0.2, 0.25) is 5.91 Å². The minimum atomic E-state index is -4.42. The number of hydrogen-bond acceptors (Lipinski definition) is 5. The fraction of sp³-hybridized carbons (Fsp3) is 0.516. The maximum absolute atomic E-state index is 13.8. The lowest BCUT2D eigenvalue weighted by Gasteiger charge is -2.64. The quantitative estimate of drug-likeness (QED) is 0.520. The van der Waals surface area contributed by atoms with Crippen LogP contribution in [0, 0.1) is 5.92 Å². The van der Waals surface area contributed by atoms with Crippen molar-refractivity contribution in [2.24, 2.45) is 5.92 Å². The summed E-state index contributed by atoms with van der Waals surface area (Å²) in [7, 11) is 2.04. The Labute approximate surface area is 232 Å². The summed E-state index contributed by atoms with van der Waals surface area (Å²) in [6.45, 7) is 5.27. The monoisotopic (exact) mass is 556 g/mol. The number of phenolic OH excluding ortho intramolecular Hbond substituents is 1. The minimum Gasteiger partial charge on any atom is -0.504 e. The molecule has 5 atom stereocenters. The molecule has 2 N–H and O–H groups in total. The van der Waals surface area contributed by atoms with Gasteiger partial charge in [-0.15, -0.1) is 0 Å². The lowest BCUT2D eigenvalue weighted by molar-refractivity contribution is -0.197. The largest absolute Gasteiger partial charge is 0.504 e. The molecule has 1 spiro atoms. The number of phenols is 1. The standard InChI is InChI=1S/C31H35F3N2O4/c1-18(2)17-36(25(38)11-6-19-4-8-21(9-5-19)31(32,33)34)22-12-13-30(39)24-16-20-7-10-23(37)27-26(20)29(30,28(22)40-27)14-15-35(24)3/h4-11,18,22,24,28,37,39H,12-17H2,1-3H3/t22-,24+,28-,29-,30+/m0/s1. The van der Waals surface area contributed by atoms with Crippen LogP contribution in [0.2, 0.25) is 0 Å². The van der Waals surface area contributed by atoms with Crippen molar-refractivity contribution in [3.8, 4) is 11.5 Å². The number of aromatic hydroxyl groups is 1. The fourth-order valence-corrected chi connectivity index (χ4v) is 7.87. The molecule has 4 aliphatic rings. The predicted molar refractivity (Wildman–Crippen MR) is 144 cm³/mol. The van der Waals surface area contributed by atoms with E-state index in [1.165, 1.54) is 24.3 Å². The fourth-order valence-electron chi connectivity index (χ4n) is 7.87. The molecular formula is C31H35F3N2O4. The third-order valence-electron chi connectivity index (χ3n) is 9.60. The first-order valence-electron chi connectivity index (χ1n) is 14.0. The van der Waals surface area contributed by atoms with Crippen LogP contribution in [0.4, 0.5) is 13.2 Å². The Morgan fingerprint density at radius 2 is 1.93 bits per heavy atom. The smallest absolute Gasteiger partial charge is 0.416 e. The molecule has 2 aliphatic carbocycles. The molecule has 0 unspecified atom stereocenters. The number of likely N-dealkylation sites (N-methyl/N-ethyl adjacent to an activating group) is 1. The highest BCUT2D eigenvalue weighted by molar-refractivity contribution is 5.92. The number of alkyl halides is 3. The summed E-state index contributed by atoms with van der Waals surface area (Å²) in [5, 5.41) is 23.2. The van der Waals surface area contributed by atoms with Crippen LogP contribution in [-0.2, 0) is 22.8 Å². The number of ether oxygens (including phenoxy) is 1. The topological polar surface area (TPSA) is 73.2 Å². The van der Waals surface area contributed by atoms with Gasteiger partial charge in [0.1, 0.15) is 6.10 Å². The van der Waals surface area contributed by atoms with Crippen molar-refractivity contribution in [1.29, 1.82) is 0 Å². The third-order valence-corrected chi connectivity index (χ3v) is 9.60. The third kappa shape index (κ3) is 3.88. The van der Waals surface area contributed by atoms with Crippen molar-refractivity contribution in [3.05, 3.63) is 64.7 Å². The second-order valence-electron chi connectivity index (χ2n) is 12.3. The molecule has 2 bridgehead atoms. The molecule has 0 radical (unpaired) electrons. The van der Waals surface area contributed by atoms with Crippen molar-refractivity contribution >= 4 is 12.0 Å². The first-order valence-corrected chi connectivity index (χ1v) is 14.0. The van der Waals surface area contributed by atoms with E-state index in [1.807, 2.05) is 27.0 Å². The van der Waals surface area contributed by atoms with Crippen molar-refractivity contribution in [3.63, 3.8) is 0 Å². The molecule has 9 heteroatoms. The van der Waals surface area contributed by atoms with Gasteiger partial charge in [0.05, 0.1) is 22.6 Å². The lowest BCUT2D eigenvalue weighted by atomic mass is 9.48. The van der Waals surface area contributed by atoms with Crippen LogP contribution in [0.5, 0.6) is 11.5 Å². The number of hydrogen-bond donors (Lipinski definition) is 2. The summed E-state index contributed by atoms with van der Waals surface area (Å²) in [5.74, 6) is 0.355. The average molecular weight is 557 g/mol. The van der Waals surface area contributed by atoms with E-state index < -0.39 is 28.9 Å². The van der Waals surface area contributed by atoms with Crippen LogP contribution in [0.25, 0.3) is 6.08 Å². The molecule has 40 heavy (non-hydrogen) atoms. The number of carbonyl (C=O) groups is 1. The van der Waals surface area contributed by atoms with E-state index in [9.17, 15) is 28.2 Å². The number of piperidine rings is 1. The number of likely N-dealkylation sites (tertiary alicyclic amines) is 1. The molecular weight excluding hydrogens is 521 g/mol. The molecule has 1 saturated heterocycles. The molecule has 1 amide bonds. The van der Waals surface area contributed by atoms with Crippen LogP contribution in [-0.4, -0.2) is 69.8 Å². The van der Waals surface area contributed by atoms with Gasteiger partial charge in [-0.25, -0.2) is 0 Å². The second-order valence-corrected chi connectivity index (χ2v) is 12.3. The SMILES string of the molecule is CC(C)CN(C(=O)C=Cc1ccc(C(F)(F)F)cc1)[C@H]1CC[C@@]2(O)[C@H]3Cc4ccc(O)c5c4[C@@]2(CCN3C)[C@H]1O5. The summed E-state index contributed by atoms with van der Waals surface area (Å²) in [6.07, 6.45) is 0.324. The zero-order chi connectivity index (χ0) is 28.6. The predicted octanol–water partition coefficient (Wildman–Crippen LogP) is 4.76. The highest BCUT2D eigenvalue weighted by atomic mass is 19.4. The molecule has 6 nitrogen and oxygen atoms in total. The van der Waals surface area contributed by atoms with Crippen molar-refractivity contribution in [2.75, 3.05) is 20.1 Å². The molecule has 6 rings (SSSR count). The van der Waals surface area contributed by atoms with E-state index >= 15 is 0 Å². The van der Waals surface area contributed by atoms with Gasteiger partial charge in [-0.1, -0.05) is 32.0 Å². The Morgan fingerprint density at radius 3 is 2.60 bits per heavy atom. The van der Waals surface area contributed by atoms with E-state index in [0.717, 1.165) is 29.8 Å². The molecule has 0 aromatic heterocycles. The van der Waals surface area contributed by atoms with Gasteiger partial charge in [-0.2, -0.15) is 13.2 Å². The van der Waals surface area contributed by atoms with Gasteiger partial charge in [0, 0.05) is 24.2 Å². The van der Waals surface area contributed by atoms with Crippen molar-refractivity contribution < 1.29 is 32.9 Å². The maximum Gasteiger partial charge on any atom is 0.416 e. The van der Waals surface area contributed by atoms with E-state index in [-0.39, 0.29) is 29.7 Å². The van der Waals surface area contributed by atoms with Crippen LogP contribution in [0.15, 0.2) is 42.5 Å². The normalized spacial score (nSPS) is 30.9. The Bertz CT molecular complexity index is 1360. The Kier molecular flexibility index (Phi) is 6.27. The van der Waals surface area contributed by atoms with E-state index in [0.29, 0.717) is 43.5 Å². The number of carbonyl (C=O) groups excluding carboxylic acids is 1. The van der Waals surface area contributed by atoms with E-state index in [2.05, 4.69) is 4.90 Å². The van der Waals surface area contributed by atoms with Crippen LogP contribution in [0.1, 0.15) is 55.4 Å². The lowest BCUT2D eigenvalue weighted by Crippen LogP contribution is -2.78. The number of aliphatic hydroxyl groups is 1. The summed E-state index contributed by atoms with van der Waals surface area (Å²) >= 11 is 0. The van der Waals surface area contributed by atoms with Crippen LogP contribution < -0.4 is 4.74 Å². The van der Waals surface area contributed by atoms with Gasteiger partial charge >= 0.3 is 6.18 Å². The highest BCUT2D eigenvalue weighted by Crippen LogP contribution is 2.65. The number of amides is 1. The second kappa shape index (κ2) is 9.24. The number of nitrogens with zero attached hydrogens (tertiary/aromatic N) is 2. The van der Waals surface area contributed by atoms with Gasteiger partial charge in [-0.3, -0.25) is 4.79 Å².